The average Bonchev–Trinajstić information content (AvgIpc) is 3.41. The monoisotopic (exact) mass is 1120 g/mol. The van der Waals surface area contributed by atoms with E-state index in [2.05, 4.69) is 135 Å². The Hall–Kier alpha value is -3.59. The summed E-state index contributed by atoms with van der Waals surface area (Å²) in [6.45, 7) is 6.75. The first-order chi connectivity index (χ1) is 38.4. The highest BCUT2D eigenvalue weighted by atomic mass is 31.2. The Morgan fingerprint density at radius 3 is 1.22 bits per heavy atom. The van der Waals surface area contributed by atoms with Gasteiger partial charge >= 0.3 is 13.8 Å². The Morgan fingerprint density at radius 2 is 0.810 bits per heavy atom. The highest BCUT2D eigenvalue weighted by Crippen LogP contribution is 2.43. The van der Waals surface area contributed by atoms with Gasteiger partial charge in [-0.2, -0.15) is 0 Å². The molecule has 452 valence electrons. The number of amides is 1. The average molecular weight is 1120 g/mol. The molecule has 0 aromatic heterocycles. The second-order valence-electron chi connectivity index (χ2n) is 22.2. The van der Waals surface area contributed by atoms with Crippen molar-refractivity contribution in [1.82, 2.24) is 5.32 Å². The van der Waals surface area contributed by atoms with Crippen LogP contribution < -0.4 is 5.32 Å². The quantitative estimate of drug-likeness (QED) is 0.0205. The summed E-state index contributed by atoms with van der Waals surface area (Å²) in [5.41, 5.74) is 0. The van der Waals surface area contributed by atoms with E-state index >= 15 is 0 Å². The van der Waals surface area contributed by atoms with E-state index in [4.69, 9.17) is 13.8 Å². The number of likely N-dealkylation sites (N-methyl/N-ethyl adjacent to an activating group) is 1. The molecular formula is C69H120N2O7P+. The summed E-state index contributed by atoms with van der Waals surface area (Å²) in [7, 11) is 1.46. The molecule has 0 aromatic carbocycles. The number of carbonyl (C=O) groups excluding carboxylic acids is 2. The van der Waals surface area contributed by atoms with Crippen LogP contribution in [0, 0.1) is 0 Å². The van der Waals surface area contributed by atoms with Gasteiger partial charge in [-0.15, -0.1) is 0 Å². The number of unbranched alkanes of at least 4 members (excludes halogenated alkanes) is 22. The number of quaternary nitrogens is 1. The third kappa shape index (κ3) is 58.9. The van der Waals surface area contributed by atoms with E-state index in [1.165, 1.54) is 77.0 Å². The number of nitrogens with one attached hydrogen (secondary N) is 1. The van der Waals surface area contributed by atoms with Crippen molar-refractivity contribution in [2.24, 2.45) is 0 Å². The zero-order valence-corrected chi connectivity index (χ0v) is 52.5. The number of phosphoric ester groups is 1. The van der Waals surface area contributed by atoms with E-state index in [0.717, 1.165) is 135 Å². The molecule has 0 aliphatic carbocycles. The van der Waals surface area contributed by atoms with Crippen LogP contribution in [0.15, 0.2) is 122 Å². The lowest BCUT2D eigenvalue weighted by molar-refractivity contribution is -0.870. The van der Waals surface area contributed by atoms with Gasteiger partial charge in [0.2, 0.25) is 5.91 Å². The molecule has 79 heavy (non-hydrogen) atoms. The lowest BCUT2D eigenvalue weighted by Crippen LogP contribution is -2.47. The molecule has 0 radical (unpaired) electrons. The van der Waals surface area contributed by atoms with Gasteiger partial charge in [0.1, 0.15) is 19.3 Å². The largest absolute Gasteiger partial charge is 0.472 e. The third-order valence-electron chi connectivity index (χ3n) is 13.4. The standard InChI is InChI=1S/C69H119N2O7P/c1-7-10-13-16-19-22-25-28-30-31-32-33-34-35-36-37-38-39-40-41-42-43-46-49-52-55-58-61-68(72)70-66(65-77-79(74,75)76-64-63-71(4,5)6)67(60-57-54-51-48-45-27-24-21-18-15-12-9-3)78-69(73)62-59-56-53-50-47-44-29-26-23-20-17-14-11-8-2/h10-11,13-14,19-20,22-23,28-30,32-33,35-36,38-39,44,57,60,66-67H,7-9,12,15-18,21,24-27,31,34,37,40-43,45-56,58-59,61-65H2,1-6H3,(H-,70,72,74,75)/p+1/b13-10-,14-11+,22-19-,23-20+,30-28-,33-32-,36-35-,39-38-,44-29+,60-57-. The molecule has 3 unspecified atom stereocenters. The number of carbonyl (C=O) groups is 2. The molecule has 0 bridgehead atoms. The molecule has 0 aliphatic rings. The van der Waals surface area contributed by atoms with Crippen molar-refractivity contribution in [3.8, 4) is 0 Å². The first-order valence-electron chi connectivity index (χ1n) is 31.9. The van der Waals surface area contributed by atoms with E-state index in [-0.39, 0.29) is 31.5 Å². The minimum absolute atomic E-state index is 0.0284. The minimum Gasteiger partial charge on any atom is -0.456 e. The molecule has 0 saturated heterocycles. The van der Waals surface area contributed by atoms with Crippen LogP contribution in [0.4, 0.5) is 0 Å². The van der Waals surface area contributed by atoms with Crippen LogP contribution in [-0.4, -0.2) is 74.3 Å². The molecule has 0 rings (SSSR count). The number of rotatable bonds is 56. The molecule has 9 nitrogen and oxygen atoms in total. The Labute approximate surface area is 486 Å². The molecule has 1 amide bonds. The van der Waals surface area contributed by atoms with Crippen molar-refractivity contribution in [2.45, 2.75) is 264 Å². The molecular weight excluding hydrogens is 1000 g/mol. The highest BCUT2D eigenvalue weighted by molar-refractivity contribution is 7.47. The van der Waals surface area contributed by atoms with Crippen LogP contribution in [0.25, 0.3) is 0 Å². The predicted octanol–water partition coefficient (Wildman–Crippen LogP) is 19.9. The van der Waals surface area contributed by atoms with E-state index in [0.29, 0.717) is 23.9 Å². The molecule has 0 saturated carbocycles. The molecule has 0 aromatic rings. The van der Waals surface area contributed by atoms with Gasteiger partial charge in [0.15, 0.2) is 0 Å². The summed E-state index contributed by atoms with van der Waals surface area (Å²) in [5.74, 6) is -0.548. The number of hydrogen-bond donors (Lipinski definition) is 2. The summed E-state index contributed by atoms with van der Waals surface area (Å²) in [4.78, 5) is 37.7. The van der Waals surface area contributed by atoms with Gasteiger partial charge in [0.05, 0.1) is 33.8 Å². The maximum Gasteiger partial charge on any atom is 0.472 e. The van der Waals surface area contributed by atoms with E-state index in [1.54, 1.807) is 0 Å². The van der Waals surface area contributed by atoms with Gasteiger partial charge < -0.3 is 19.4 Å². The fraction of sp³-hybridized carbons (Fsp3) is 0.681. The number of esters is 1. The number of allylic oxidation sites excluding steroid dienone is 19. The summed E-state index contributed by atoms with van der Waals surface area (Å²) >= 11 is 0. The van der Waals surface area contributed by atoms with Crippen LogP contribution in [0.3, 0.4) is 0 Å². The van der Waals surface area contributed by atoms with Gasteiger partial charge in [-0.1, -0.05) is 245 Å². The van der Waals surface area contributed by atoms with Gasteiger partial charge in [-0.3, -0.25) is 18.6 Å². The zero-order valence-electron chi connectivity index (χ0n) is 51.6. The van der Waals surface area contributed by atoms with E-state index in [1.807, 2.05) is 33.3 Å². The van der Waals surface area contributed by atoms with Crippen molar-refractivity contribution in [3.05, 3.63) is 122 Å². The van der Waals surface area contributed by atoms with Gasteiger partial charge in [-0.05, 0) is 115 Å². The topological polar surface area (TPSA) is 111 Å². The molecule has 0 spiro atoms. The van der Waals surface area contributed by atoms with Crippen LogP contribution in [0.5, 0.6) is 0 Å². The number of nitrogens with zero attached hydrogens (tertiary/aromatic N) is 1. The lowest BCUT2D eigenvalue weighted by Gasteiger charge is -2.27. The van der Waals surface area contributed by atoms with E-state index in [9.17, 15) is 19.0 Å². The van der Waals surface area contributed by atoms with Crippen LogP contribution >= 0.6 is 7.82 Å². The van der Waals surface area contributed by atoms with E-state index < -0.39 is 20.0 Å². The van der Waals surface area contributed by atoms with Gasteiger partial charge in [0, 0.05) is 12.8 Å². The fourth-order valence-corrected chi connectivity index (χ4v) is 9.28. The fourth-order valence-electron chi connectivity index (χ4n) is 8.55. The Morgan fingerprint density at radius 1 is 0.456 bits per heavy atom. The zero-order chi connectivity index (χ0) is 57.9. The number of ether oxygens (including phenoxy) is 1. The maximum absolute atomic E-state index is 13.6. The first-order valence-corrected chi connectivity index (χ1v) is 33.4. The highest BCUT2D eigenvalue weighted by Gasteiger charge is 2.30. The summed E-state index contributed by atoms with van der Waals surface area (Å²) < 4.78 is 30.7. The molecule has 3 atom stereocenters. The Kier molecular flexibility index (Phi) is 55.0. The third-order valence-corrected chi connectivity index (χ3v) is 14.4. The van der Waals surface area contributed by atoms with Crippen molar-refractivity contribution >= 4 is 19.7 Å². The molecule has 2 N–H and O–H groups in total. The van der Waals surface area contributed by atoms with Crippen molar-refractivity contribution in [1.29, 1.82) is 0 Å². The normalized spacial score (nSPS) is 14.5. The SMILES string of the molecule is CC/C=C\C/C=C\C/C=C\C/C=C\C/C=C\C/C=C\CCCCCCCCCCC(=O)NC(COP(=O)(O)OCC[N+](C)(C)C)C(/C=C\CCCCCCCCCCCC)OC(=O)CCCCCC/C=C/C/C=C/C/C=C/CC. The lowest BCUT2D eigenvalue weighted by atomic mass is 10.0. The van der Waals surface area contributed by atoms with Crippen molar-refractivity contribution < 1.29 is 37.3 Å². The summed E-state index contributed by atoms with van der Waals surface area (Å²) in [6.07, 6.45) is 80.6. The molecule has 10 heteroatoms. The van der Waals surface area contributed by atoms with Crippen molar-refractivity contribution in [3.63, 3.8) is 0 Å². The number of phosphoric acid groups is 1. The first kappa shape index (κ1) is 75.4. The smallest absolute Gasteiger partial charge is 0.456 e. The maximum atomic E-state index is 13.6. The molecule has 0 aliphatic heterocycles. The predicted molar refractivity (Wildman–Crippen MR) is 341 cm³/mol. The van der Waals surface area contributed by atoms with Gasteiger partial charge in [-0.25, -0.2) is 4.57 Å². The minimum atomic E-state index is -4.46. The summed E-state index contributed by atoms with van der Waals surface area (Å²) in [5, 5.41) is 3.05. The number of hydrogen-bond acceptors (Lipinski definition) is 6. The van der Waals surface area contributed by atoms with Crippen LogP contribution in [-0.2, 0) is 27.9 Å². The Bertz CT molecular complexity index is 1770. The Balaban J connectivity index is 5.16. The van der Waals surface area contributed by atoms with Gasteiger partial charge in [0.25, 0.3) is 0 Å². The van der Waals surface area contributed by atoms with Crippen LogP contribution in [0.2, 0.25) is 0 Å². The second kappa shape index (κ2) is 57.6. The molecule has 0 heterocycles. The molecule has 0 fully saturated rings. The van der Waals surface area contributed by atoms with Crippen molar-refractivity contribution in [2.75, 3.05) is 40.9 Å². The summed E-state index contributed by atoms with van der Waals surface area (Å²) in [6, 6.07) is -0.870. The second-order valence-corrected chi connectivity index (χ2v) is 23.6. The van der Waals surface area contributed by atoms with Crippen LogP contribution in [0.1, 0.15) is 252 Å².